The highest BCUT2D eigenvalue weighted by atomic mass is 16.6. The van der Waals surface area contributed by atoms with E-state index in [1.54, 1.807) is 0 Å². The van der Waals surface area contributed by atoms with Gasteiger partial charge in [0.25, 0.3) is 0 Å². The SMILES string of the molecule is CC/C=C\C/C=C\C/C=C\C/C=C\C/C=C\C/C=C\CCC(=O)OCC(COC(=O)CCCCCCCCCCCCC)OC(=O)CCCCCCCCCCCCCCCCCCCCC. The molecule has 0 rings (SSSR count). The zero-order valence-electron chi connectivity index (χ0n) is 44.2. The molecule has 0 aliphatic carbocycles. The van der Waals surface area contributed by atoms with Gasteiger partial charge in [0.1, 0.15) is 13.2 Å². The third kappa shape index (κ3) is 53.7. The topological polar surface area (TPSA) is 78.9 Å². The standard InChI is InChI=1S/C61H106O6/c1-4-7-10-13-16-19-22-24-26-28-30-32-34-36-39-42-45-48-51-54-60(63)66-57-58(56-65-59(62)53-50-47-44-41-38-21-18-15-12-9-6-3)67-61(64)55-52-49-46-43-40-37-35-33-31-29-27-25-23-20-17-14-11-8-5-2/h7,10,16,19,24,26,30,32,36,39,45,48,58H,4-6,8-9,11-15,17-18,20-23,25,27-29,31,33-35,37-38,40-44,46-47,49-57H2,1-3H3/b10-7-,19-16-,26-24-,32-30-,39-36-,48-45-. The molecule has 0 saturated heterocycles. The summed E-state index contributed by atoms with van der Waals surface area (Å²) in [5, 5.41) is 0. The van der Waals surface area contributed by atoms with Gasteiger partial charge < -0.3 is 14.2 Å². The first-order valence-electron chi connectivity index (χ1n) is 28.4. The number of ether oxygens (including phenoxy) is 3. The van der Waals surface area contributed by atoms with Crippen LogP contribution in [0.5, 0.6) is 0 Å². The Morgan fingerprint density at radius 2 is 0.582 bits per heavy atom. The molecule has 0 radical (unpaired) electrons. The van der Waals surface area contributed by atoms with Gasteiger partial charge in [-0.1, -0.05) is 273 Å². The summed E-state index contributed by atoms with van der Waals surface area (Å²) in [5.41, 5.74) is 0. The van der Waals surface area contributed by atoms with Gasteiger partial charge in [-0.3, -0.25) is 14.4 Å². The van der Waals surface area contributed by atoms with Gasteiger partial charge in [0, 0.05) is 19.3 Å². The average Bonchev–Trinajstić information content (AvgIpc) is 3.33. The monoisotopic (exact) mass is 935 g/mol. The summed E-state index contributed by atoms with van der Waals surface area (Å²) in [6, 6.07) is 0. The van der Waals surface area contributed by atoms with Crippen LogP contribution in [-0.2, 0) is 28.6 Å². The van der Waals surface area contributed by atoms with Gasteiger partial charge in [-0.15, -0.1) is 0 Å². The minimum Gasteiger partial charge on any atom is -0.462 e. The Balaban J connectivity index is 4.42. The van der Waals surface area contributed by atoms with Gasteiger partial charge in [-0.2, -0.15) is 0 Å². The molecule has 0 amide bonds. The molecule has 0 aliphatic heterocycles. The fourth-order valence-corrected chi connectivity index (χ4v) is 8.00. The van der Waals surface area contributed by atoms with Crippen LogP contribution in [0, 0.1) is 0 Å². The number of rotatable bonds is 51. The van der Waals surface area contributed by atoms with E-state index >= 15 is 0 Å². The van der Waals surface area contributed by atoms with Gasteiger partial charge in [-0.05, 0) is 57.8 Å². The number of hydrogen-bond donors (Lipinski definition) is 0. The highest BCUT2D eigenvalue weighted by Crippen LogP contribution is 2.16. The molecule has 1 atom stereocenters. The first-order chi connectivity index (χ1) is 33.0. The molecule has 0 aromatic heterocycles. The van der Waals surface area contributed by atoms with Gasteiger partial charge in [0.15, 0.2) is 6.10 Å². The Hall–Kier alpha value is -3.15. The van der Waals surface area contributed by atoms with Crippen molar-refractivity contribution in [3.05, 3.63) is 72.9 Å². The van der Waals surface area contributed by atoms with Crippen LogP contribution in [-0.4, -0.2) is 37.2 Å². The predicted molar refractivity (Wildman–Crippen MR) is 288 cm³/mol. The van der Waals surface area contributed by atoms with Crippen LogP contribution in [0.2, 0.25) is 0 Å². The lowest BCUT2D eigenvalue weighted by molar-refractivity contribution is -0.166. The van der Waals surface area contributed by atoms with Gasteiger partial charge in [0.2, 0.25) is 0 Å². The molecule has 6 nitrogen and oxygen atoms in total. The fourth-order valence-electron chi connectivity index (χ4n) is 8.00. The number of hydrogen-bond acceptors (Lipinski definition) is 6. The van der Waals surface area contributed by atoms with E-state index in [9.17, 15) is 14.4 Å². The molecule has 0 fully saturated rings. The van der Waals surface area contributed by atoms with Gasteiger partial charge >= 0.3 is 17.9 Å². The first-order valence-corrected chi connectivity index (χ1v) is 28.4. The average molecular weight is 936 g/mol. The molecule has 67 heavy (non-hydrogen) atoms. The molecular formula is C61H106O6. The number of esters is 3. The van der Waals surface area contributed by atoms with Crippen molar-refractivity contribution in [1.82, 2.24) is 0 Å². The second-order valence-electron chi connectivity index (χ2n) is 18.8. The Bertz CT molecular complexity index is 1260. The maximum absolute atomic E-state index is 12.8. The zero-order valence-corrected chi connectivity index (χ0v) is 44.2. The first kappa shape index (κ1) is 63.8. The maximum Gasteiger partial charge on any atom is 0.306 e. The van der Waals surface area contributed by atoms with E-state index in [2.05, 4.69) is 87.6 Å². The quantitative estimate of drug-likeness (QED) is 0.0262. The molecule has 0 heterocycles. The Kier molecular flexibility index (Phi) is 52.8. The second kappa shape index (κ2) is 55.4. The molecule has 0 saturated carbocycles. The van der Waals surface area contributed by atoms with Crippen LogP contribution in [0.1, 0.15) is 278 Å². The van der Waals surface area contributed by atoms with Crippen molar-refractivity contribution >= 4 is 17.9 Å². The van der Waals surface area contributed by atoms with Crippen LogP contribution in [0.25, 0.3) is 0 Å². The molecule has 0 bridgehead atoms. The predicted octanol–water partition coefficient (Wildman–Crippen LogP) is 19.0. The molecule has 0 aromatic carbocycles. The molecule has 6 heteroatoms. The molecular weight excluding hydrogens is 829 g/mol. The van der Waals surface area contributed by atoms with E-state index in [-0.39, 0.29) is 37.5 Å². The van der Waals surface area contributed by atoms with Crippen molar-refractivity contribution in [1.29, 1.82) is 0 Å². The second-order valence-corrected chi connectivity index (χ2v) is 18.8. The minimum absolute atomic E-state index is 0.0950. The number of allylic oxidation sites excluding steroid dienone is 12. The van der Waals surface area contributed by atoms with Gasteiger partial charge in [0.05, 0.1) is 0 Å². The normalized spacial score (nSPS) is 12.6. The lowest BCUT2D eigenvalue weighted by Gasteiger charge is -2.18. The van der Waals surface area contributed by atoms with E-state index in [1.165, 1.54) is 154 Å². The van der Waals surface area contributed by atoms with E-state index < -0.39 is 6.10 Å². The lowest BCUT2D eigenvalue weighted by Crippen LogP contribution is -2.30. The fraction of sp³-hybridized carbons (Fsp3) is 0.754. The summed E-state index contributed by atoms with van der Waals surface area (Å²) in [5.74, 6) is -0.973. The summed E-state index contributed by atoms with van der Waals surface area (Å²) in [6.45, 7) is 6.48. The van der Waals surface area contributed by atoms with E-state index in [0.717, 1.165) is 77.0 Å². The summed E-state index contributed by atoms with van der Waals surface area (Å²) >= 11 is 0. The Morgan fingerprint density at radius 1 is 0.313 bits per heavy atom. The largest absolute Gasteiger partial charge is 0.462 e. The van der Waals surface area contributed by atoms with Gasteiger partial charge in [-0.25, -0.2) is 0 Å². The molecule has 0 spiro atoms. The maximum atomic E-state index is 12.8. The van der Waals surface area contributed by atoms with E-state index in [4.69, 9.17) is 14.2 Å². The molecule has 0 aliphatic rings. The smallest absolute Gasteiger partial charge is 0.306 e. The molecule has 1 unspecified atom stereocenters. The van der Waals surface area contributed by atoms with Crippen molar-refractivity contribution < 1.29 is 28.6 Å². The van der Waals surface area contributed by atoms with Crippen molar-refractivity contribution in [3.63, 3.8) is 0 Å². The number of carbonyl (C=O) groups excluding carboxylic acids is 3. The zero-order chi connectivity index (χ0) is 48.6. The van der Waals surface area contributed by atoms with Crippen molar-refractivity contribution in [3.8, 4) is 0 Å². The Labute approximate surface area is 414 Å². The van der Waals surface area contributed by atoms with Crippen molar-refractivity contribution in [2.75, 3.05) is 13.2 Å². The third-order valence-corrected chi connectivity index (χ3v) is 12.2. The lowest BCUT2D eigenvalue weighted by atomic mass is 10.0. The molecule has 0 N–H and O–H groups in total. The Morgan fingerprint density at radius 3 is 0.910 bits per heavy atom. The van der Waals surface area contributed by atoms with Crippen molar-refractivity contribution in [2.24, 2.45) is 0 Å². The van der Waals surface area contributed by atoms with E-state index in [1.807, 2.05) is 6.08 Å². The summed E-state index contributed by atoms with van der Waals surface area (Å²) < 4.78 is 16.8. The van der Waals surface area contributed by atoms with Crippen LogP contribution >= 0.6 is 0 Å². The molecule has 386 valence electrons. The highest BCUT2D eigenvalue weighted by Gasteiger charge is 2.19. The summed E-state index contributed by atoms with van der Waals surface area (Å²) in [6.07, 6.45) is 70.5. The minimum atomic E-state index is -0.802. The number of unbranched alkanes of at least 4 members (excludes halogenated alkanes) is 28. The number of carbonyl (C=O) groups is 3. The van der Waals surface area contributed by atoms with Crippen LogP contribution in [0.15, 0.2) is 72.9 Å². The van der Waals surface area contributed by atoms with Crippen LogP contribution < -0.4 is 0 Å². The summed E-state index contributed by atoms with van der Waals surface area (Å²) in [4.78, 5) is 38.0. The summed E-state index contributed by atoms with van der Waals surface area (Å²) in [7, 11) is 0. The van der Waals surface area contributed by atoms with Crippen LogP contribution in [0.4, 0.5) is 0 Å². The molecule has 0 aromatic rings. The third-order valence-electron chi connectivity index (χ3n) is 12.2. The van der Waals surface area contributed by atoms with Crippen LogP contribution in [0.3, 0.4) is 0 Å². The van der Waals surface area contributed by atoms with Crippen molar-refractivity contribution in [2.45, 2.75) is 284 Å². The highest BCUT2D eigenvalue weighted by molar-refractivity contribution is 5.71. The van der Waals surface area contributed by atoms with E-state index in [0.29, 0.717) is 19.3 Å².